The second-order valence-corrected chi connectivity index (χ2v) is 20.9. The maximum absolute atomic E-state index is 12.9. The van der Waals surface area contributed by atoms with E-state index in [1.807, 2.05) is 0 Å². The molecule has 0 aliphatic rings. The number of aliphatic hydroxyl groups excluding tert-OH is 1. The first-order valence-electron chi connectivity index (χ1n) is 29.2. The number of hydrogen-bond acceptors (Lipinski definition) is 10. The summed E-state index contributed by atoms with van der Waals surface area (Å²) in [4.78, 5) is 48.5. The molecule has 0 amide bonds. The van der Waals surface area contributed by atoms with Gasteiger partial charge in [-0.05, 0) is 64.2 Å². The van der Waals surface area contributed by atoms with Gasteiger partial charge < -0.3 is 24.2 Å². The monoisotopic (exact) mass is 1030 g/mol. The number of hydrogen-bond donors (Lipinski definition) is 2. The number of phosphoric ester groups is 1. The summed E-state index contributed by atoms with van der Waals surface area (Å²) in [6, 6.07) is 0. The van der Waals surface area contributed by atoms with Gasteiger partial charge in [-0.15, -0.1) is 0 Å². The van der Waals surface area contributed by atoms with Gasteiger partial charge in [0.15, 0.2) is 6.10 Å². The minimum Gasteiger partial charge on any atom is -0.462 e. The molecule has 2 N–H and O–H groups in total. The molecule has 0 fully saturated rings. The van der Waals surface area contributed by atoms with Crippen molar-refractivity contribution in [2.24, 2.45) is 0 Å². The highest BCUT2D eigenvalue weighted by molar-refractivity contribution is 7.47. The predicted molar refractivity (Wildman–Crippen MR) is 298 cm³/mol. The zero-order valence-electron chi connectivity index (χ0n) is 46.1. The fourth-order valence-electron chi connectivity index (χ4n) is 8.03. The van der Waals surface area contributed by atoms with E-state index in [0.29, 0.717) is 19.3 Å². The molecule has 0 radical (unpaired) electrons. The van der Waals surface area contributed by atoms with Gasteiger partial charge in [0.1, 0.15) is 12.7 Å². The Morgan fingerprint density at radius 2 is 0.722 bits per heavy atom. The number of allylic oxidation sites excluding steroid dienone is 10. The Bertz CT molecular complexity index is 1440. The lowest BCUT2D eigenvalue weighted by atomic mass is 10.0. The molecule has 418 valence electrons. The highest BCUT2D eigenvalue weighted by Gasteiger charge is 2.28. The van der Waals surface area contributed by atoms with E-state index in [9.17, 15) is 28.9 Å². The van der Waals surface area contributed by atoms with Crippen LogP contribution in [0.25, 0.3) is 0 Å². The minimum absolute atomic E-state index is 0.163. The molecular weight excluding hydrogens is 928 g/mol. The maximum Gasteiger partial charge on any atom is 0.472 e. The molecule has 0 saturated carbocycles. The van der Waals surface area contributed by atoms with Crippen molar-refractivity contribution in [2.45, 2.75) is 277 Å². The molecule has 0 aliphatic heterocycles. The van der Waals surface area contributed by atoms with Crippen LogP contribution in [-0.2, 0) is 42.2 Å². The molecule has 0 bridgehead atoms. The van der Waals surface area contributed by atoms with Gasteiger partial charge in [0.2, 0.25) is 0 Å². The first-order chi connectivity index (χ1) is 35.2. The zero-order chi connectivity index (χ0) is 52.7. The molecule has 11 nitrogen and oxygen atoms in total. The van der Waals surface area contributed by atoms with Gasteiger partial charge in [0, 0.05) is 19.3 Å². The van der Waals surface area contributed by atoms with Crippen molar-refractivity contribution in [3.05, 3.63) is 60.8 Å². The number of carbonyl (C=O) groups excluding carboxylic acids is 3. The van der Waals surface area contributed by atoms with E-state index in [4.69, 9.17) is 23.3 Å². The zero-order valence-corrected chi connectivity index (χ0v) is 47.0. The van der Waals surface area contributed by atoms with E-state index in [2.05, 4.69) is 81.5 Å². The SMILES string of the molecule is CC/C=C\C/C=C\C/C=C\C/C=C\C/C=C\CCCCCC(=O)OCC(COP(=O)(O)OCC(CO)OC(=O)CCCCCCCCCCCCC)OC(=O)CCCCCCCCCCCCCCCCC. The summed E-state index contributed by atoms with van der Waals surface area (Å²) in [6.45, 7) is 4.51. The predicted octanol–water partition coefficient (Wildman–Crippen LogP) is 17.1. The molecule has 0 heterocycles. The van der Waals surface area contributed by atoms with Crippen LogP contribution in [0, 0.1) is 0 Å². The van der Waals surface area contributed by atoms with Gasteiger partial charge in [0.05, 0.1) is 19.8 Å². The molecule has 0 spiro atoms. The van der Waals surface area contributed by atoms with Crippen LogP contribution >= 0.6 is 7.82 Å². The first-order valence-corrected chi connectivity index (χ1v) is 30.7. The molecule has 0 saturated heterocycles. The Balaban J connectivity index is 4.76. The molecule has 3 unspecified atom stereocenters. The molecule has 0 aliphatic carbocycles. The fraction of sp³-hybridized carbons (Fsp3) is 0.783. The van der Waals surface area contributed by atoms with E-state index in [-0.39, 0.29) is 25.9 Å². The summed E-state index contributed by atoms with van der Waals surface area (Å²) in [7, 11) is -4.75. The number of aliphatic hydroxyl groups is 1. The van der Waals surface area contributed by atoms with Crippen molar-refractivity contribution in [1.82, 2.24) is 0 Å². The Hall–Kier alpha value is -2.82. The van der Waals surface area contributed by atoms with Crippen LogP contribution in [0.5, 0.6) is 0 Å². The second-order valence-electron chi connectivity index (χ2n) is 19.4. The van der Waals surface area contributed by atoms with Crippen molar-refractivity contribution in [2.75, 3.05) is 26.4 Å². The summed E-state index contributed by atoms with van der Waals surface area (Å²) in [5.41, 5.74) is 0. The largest absolute Gasteiger partial charge is 0.472 e. The molecule has 0 aromatic heterocycles. The number of unbranched alkanes of at least 4 members (excludes halogenated alkanes) is 27. The third-order valence-electron chi connectivity index (χ3n) is 12.5. The molecule has 72 heavy (non-hydrogen) atoms. The summed E-state index contributed by atoms with van der Waals surface area (Å²) in [5, 5.41) is 9.79. The van der Waals surface area contributed by atoms with Crippen molar-refractivity contribution in [3.8, 4) is 0 Å². The van der Waals surface area contributed by atoms with Gasteiger partial charge >= 0.3 is 25.7 Å². The molecular formula is C60H107O11P. The average molecular weight is 1040 g/mol. The van der Waals surface area contributed by atoms with Crippen LogP contribution in [0.4, 0.5) is 0 Å². The van der Waals surface area contributed by atoms with E-state index in [1.165, 1.54) is 116 Å². The average Bonchev–Trinajstić information content (AvgIpc) is 3.37. The molecule has 0 rings (SSSR count). The quantitative estimate of drug-likeness (QED) is 0.0197. The molecule has 12 heteroatoms. The smallest absolute Gasteiger partial charge is 0.462 e. The standard InChI is InChI=1S/C60H107O11P/c1-4-7-10-13-16-19-22-24-26-27-28-29-31-32-35-37-40-43-46-49-58(62)67-53-57(71-60(64)51-48-45-42-39-36-33-30-25-23-20-17-14-11-8-5-2)55-69-72(65,66)68-54-56(52-61)70-59(63)50-47-44-41-38-34-21-18-15-12-9-6-3/h7,10,16,19,24,26,28-29,32,35,56-57,61H,4-6,8-9,11-15,17-18,20-23,25,27,30-31,33-34,36-55H2,1-3H3,(H,65,66)/b10-7-,19-16-,26-24-,29-28-,35-32-. The Labute approximate surface area is 440 Å². The number of esters is 3. The van der Waals surface area contributed by atoms with Crippen LogP contribution in [-0.4, -0.2) is 66.5 Å². The van der Waals surface area contributed by atoms with Crippen molar-refractivity contribution < 1.29 is 52.2 Å². The van der Waals surface area contributed by atoms with Crippen molar-refractivity contribution >= 4 is 25.7 Å². The van der Waals surface area contributed by atoms with Gasteiger partial charge in [-0.25, -0.2) is 4.57 Å². The minimum atomic E-state index is -4.75. The topological polar surface area (TPSA) is 155 Å². The number of phosphoric acid groups is 1. The highest BCUT2D eigenvalue weighted by atomic mass is 31.2. The van der Waals surface area contributed by atoms with E-state index >= 15 is 0 Å². The summed E-state index contributed by atoms with van der Waals surface area (Å²) in [5.74, 6) is -1.49. The lowest BCUT2D eigenvalue weighted by Gasteiger charge is -2.21. The van der Waals surface area contributed by atoms with E-state index in [0.717, 1.165) is 89.9 Å². The molecule has 0 aromatic rings. The molecule has 3 atom stereocenters. The first kappa shape index (κ1) is 69.2. The van der Waals surface area contributed by atoms with Gasteiger partial charge in [-0.3, -0.25) is 23.4 Å². The van der Waals surface area contributed by atoms with Crippen LogP contribution in [0.2, 0.25) is 0 Å². The van der Waals surface area contributed by atoms with E-state index in [1.54, 1.807) is 0 Å². The summed E-state index contributed by atoms with van der Waals surface area (Å²) < 4.78 is 39.5. The number of carbonyl (C=O) groups is 3. The van der Waals surface area contributed by atoms with Gasteiger partial charge in [-0.2, -0.15) is 0 Å². The lowest BCUT2D eigenvalue weighted by molar-refractivity contribution is -0.161. The maximum atomic E-state index is 12.9. The van der Waals surface area contributed by atoms with Crippen LogP contribution < -0.4 is 0 Å². The lowest BCUT2D eigenvalue weighted by Crippen LogP contribution is -2.30. The number of rotatable bonds is 54. The van der Waals surface area contributed by atoms with Crippen LogP contribution in [0.3, 0.4) is 0 Å². The van der Waals surface area contributed by atoms with Gasteiger partial charge in [0.25, 0.3) is 0 Å². The Morgan fingerprint density at radius 3 is 1.11 bits per heavy atom. The van der Waals surface area contributed by atoms with Gasteiger partial charge in [-0.1, -0.05) is 242 Å². The number of ether oxygens (including phenoxy) is 3. The Kier molecular flexibility index (Phi) is 52.3. The van der Waals surface area contributed by atoms with Crippen molar-refractivity contribution in [1.29, 1.82) is 0 Å². The van der Waals surface area contributed by atoms with Crippen LogP contribution in [0.15, 0.2) is 60.8 Å². The van der Waals surface area contributed by atoms with E-state index < -0.39 is 57.8 Å². The molecule has 0 aromatic carbocycles. The van der Waals surface area contributed by atoms with Crippen molar-refractivity contribution in [3.63, 3.8) is 0 Å². The fourth-order valence-corrected chi connectivity index (χ4v) is 8.81. The highest BCUT2D eigenvalue weighted by Crippen LogP contribution is 2.43. The Morgan fingerprint density at radius 1 is 0.403 bits per heavy atom. The summed E-state index contributed by atoms with van der Waals surface area (Å²) in [6.07, 6.45) is 58.9. The normalized spacial score (nSPS) is 13.8. The third-order valence-corrected chi connectivity index (χ3v) is 13.4. The summed E-state index contributed by atoms with van der Waals surface area (Å²) >= 11 is 0. The van der Waals surface area contributed by atoms with Crippen LogP contribution in [0.1, 0.15) is 265 Å². The second kappa shape index (κ2) is 54.4. The third kappa shape index (κ3) is 52.1.